The third kappa shape index (κ3) is 4.35. The second kappa shape index (κ2) is 7.97. The van der Waals surface area contributed by atoms with Crippen molar-refractivity contribution in [2.75, 3.05) is 17.3 Å². The maximum atomic E-state index is 12.9. The highest BCUT2D eigenvalue weighted by Crippen LogP contribution is 2.23. The Morgan fingerprint density at radius 1 is 1.08 bits per heavy atom. The highest BCUT2D eigenvalue weighted by atomic mass is 16.5. The Morgan fingerprint density at radius 2 is 1.92 bits per heavy atom. The molecule has 0 unspecified atom stereocenters. The Bertz CT molecular complexity index is 823. The van der Waals surface area contributed by atoms with E-state index in [0.717, 1.165) is 16.9 Å². The van der Waals surface area contributed by atoms with Crippen molar-refractivity contribution in [3.05, 3.63) is 84.7 Å². The normalized spacial score (nSPS) is 10.1. The summed E-state index contributed by atoms with van der Waals surface area (Å²) in [7, 11) is 1.61. The first-order valence-electron chi connectivity index (χ1n) is 7.93. The van der Waals surface area contributed by atoms with Crippen molar-refractivity contribution in [2.45, 2.75) is 6.54 Å². The topological polar surface area (TPSA) is 54.5 Å². The standard InChI is InChI=1S/C20H19N3O2/c1-25-19-11-5-10-18(13-19)23(15-16-7-6-12-21-14-16)20(24)22-17-8-3-2-4-9-17/h2-14H,15H2,1H3,(H,22,24). The van der Waals surface area contributed by atoms with Crippen LogP contribution in [0, 0.1) is 0 Å². The smallest absolute Gasteiger partial charge is 0.326 e. The number of nitrogens with zero attached hydrogens (tertiary/aromatic N) is 2. The van der Waals surface area contributed by atoms with Gasteiger partial charge in [-0.15, -0.1) is 0 Å². The molecule has 5 nitrogen and oxygen atoms in total. The fourth-order valence-electron chi connectivity index (χ4n) is 2.45. The third-order valence-corrected chi connectivity index (χ3v) is 3.70. The molecule has 1 heterocycles. The summed E-state index contributed by atoms with van der Waals surface area (Å²) in [4.78, 5) is 18.7. The fourth-order valence-corrected chi connectivity index (χ4v) is 2.45. The van der Waals surface area contributed by atoms with Gasteiger partial charge in [-0.05, 0) is 35.9 Å². The highest BCUT2D eigenvalue weighted by Gasteiger charge is 2.17. The number of ether oxygens (including phenoxy) is 1. The van der Waals surface area contributed by atoms with Crippen LogP contribution in [0.4, 0.5) is 16.2 Å². The summed E-state index contributed by atoms with van der Waals surface area (Å²) >= 11 is 0. The van der Waals surface area contributed by atoms with E-state index in [1.54, 1.807) is 24.4 Å². The molecule has 0 saturated carbocycles. The van der Waals surface area contributed by atoms with E-state index in [1.165, 1.54) is 0 Å². The molecule has 0 aliphatic carbocycles. The Hall–Kier alpha value is -3.34. The SMILES string of the molecule is COc1cccc(N(Cc2cccnc2)C(=O)Nc2ccccc2)c1. The van der Waals surface area contributed by atoms with E-state index in [1.807, 2.05) is 66.7 Å². The molecule has 0 aliphatic rings. The predicted molar refractivity (Wildman–Crippen MR) is 98.9 cm³/mol. The van der Waals surface area contributed by atoms with Gasteiger partial charge in [0.25, 0.3) is 0 Å². The first-order chi connectivity index (χ1) is 12.3. The molecule has 0 bridgehead atoms. The Balaban J connectivity index is 1.89. The van der Waals surface area contributed by atoms with Crippen LogP contribution >= 0.6 is 0 Å². The van der Waals surface area contributed by atoms with Crippen LogP contribution in [0.5, 0.6) is 5.75 Å². The van der Waals surface area contributed by atoms with Crippen LogP contribution in [0.2, 0.25) is 0 Å². The molecular weight excluding hydrogens is 314 g/mol. The second-order valence-electron chi connectivity index (χ2n) is 5.45. The number of rotatable bonds is 5. The number of hydrogen-bond donors (Lipinski definition) is 1. The largest absolute Gasteiger partial charge is 0.497 e. The van der Waals surface area contributed by atoms with Crippen molar-refractivity contribution in [3.8, 4) is 5.75 Å². The number of methoxy groups -OCH3 is 1. The van der Waals surface area contributed by atoms with Crippen molar-refractivity contribution >= 4 is 17.4 Å². The van der Waals surface area contributed by atoms with Crippen molar-refractivity contribution in [1.82, 2.24) is 4.98 Å². The van der Waals surface area contributed by atoms with Crippen molar-refractivity contribution in [2.24, 2.45) is 0 Å². The summed E-state index contributed by atoms with van der Waals surface area (Å²) in [6, 6.07) is 20.4. The lowest BCUT2D eigenvalue weighted by atomic mass is 10.2. The van der Waals surface area contributed by atoms with Crippen LogP contribution in [-0.2, 0) is 6.54 Å². The Morgan fingerprint density at radius 3 is 2.64 bits per heavy atom. The van der Waals surface area contributed by atoms with Gasteiger partial charge in [0, 0.05) is 29.8 Å². The number of aromatic nitrogens is 1. The van der Waals surface area contributed by atoms with Crippen LogP contribution in [-0.4, -0.2) is 18.1 Å². The maximum Gasteiger partial charge on any atom is 0.326 e. The predicted octanol–water partition coefficient (Wildman–Crippen LogP) is 4.33. The molecule has 25 heavy (non-hydrogen) atoms. The molecule has 0 radical (unpaired) electrons. The minimum Gasteiger partial charge on any atom is -0.497 e. The molecule has 0 saturated heterocycles. The number of carbonyl (C=O) groups is 1. The minimum absolute atomic E-state index is 0.219. The summed E-state index contributed by atoms with van der Waals surface area (Å²) in [5.74, 6) is 0.696. The van der Waals surface area contributed by atoms with E-state index in [-0.39, 0.29) is 6.03 Å². The van der Waals surface area contributed by atoms with Gasteiger partial charge >= 0.3 is 6.03 Å². The zero-order valence-corrected chi connectivity index (χ0v) is 13.9. The second-order valence-corrected chi connectivity index (χ2v) is 5.45. The van der Waals surface area contributed by atoms with E-state index >= 15 is 0 Å². The van der Waals surface area contributed by atoms with E-state index in [4.69, 9.17) is 4.74 Å². The van der Waals surface area contributed by atoms with Crippen LogP contribution in [0.1, 0.15) is 5.56 Å². The molecule has 1 aromatic heterocycles. The van der Waals surface area contributed by atoms with Gasteiger partial charge in [0.05, 0.1) is 13.7 Å². The molecule has 2 aromatic carbocycles. The molecule has 1 N–H and O–H groups in total. The lowest BCUT2D eigenvalue weighted by Crippen LogP contribution is -2.34. The molecule has 0 aliphatic heterocycles. The monoisotopic (exact) mass is 333 g/mol. The number of benzene rings is 2. The van der Waals surface area contributed by atoms with Crippen molar-refractivity contribution in [3.63, 3.8) is 0 Å². The third-order valence-electron chi connectivity index (χ3n) is 3.70. The van der Waals surface area contributed by atoms with Crippen molar-refractivity contribution in [1.29, 1.82) is 0 Å². The number of anilines is 2. The number of nitrogens with one attached hydrogen (secondary N) is 1. The Labute approximate surface area is 146 Å². The van der Waals surface area contributed by atoms with Gasteiger partial charge in [-0.3, -0.25) is 9.88 Å². The minimum atomic E-state index is -0.219. The average Bonchev–Trinajstić information content (AvgIpc) is 2.67. The zero-order valence-electron chi connectivity index (χ0n) is 13.9. The van der Waals surface area contributed by atoms with Gasteiger partial charge in [0.15, 0.2) is 0 Å². The van der Waals surface area contributed by atoms with Gasteiger partial charge in [0.1, 0.15) is 5.75 Å². The van der Waals surface area contributed by atoms with Gasteiger partial charge in [-0.1, -0.05) is 30.3 Å². The van der Waals surface area contributed by atoms with Gasteiger partial charge in [-0.2, -0.15) is 0 Å². The van der Waals surface area contributed by atoms with Crippen LogP contribution in [0.3, 0.4) is 0 Å². The van der Waals surface area contributed by atoms with Crippen molar-refractivity contribution < 1.29 is 9.53 Å². The summed E-state index contributed by atoms with van der Waals surface area (Å²) < 4.78 is 5.28. The molecule has 3 rings (SSSR count). The first kappa shape index (κ1) is 16.5. The van der Waals surface area contributed by atoms with Gasteiger partial charge < -0.3 is 10.1 Å². The number of pyridine rings is 1. The lowest BCUT2D eigenvalue weighted by Gasteiger charge is -2.23. The van der Waals surface area contributed by atoms with E-state index in [9.17, 15) is 4.79 Å². The molecular formula is C20H19N3O2. The van der Waals surface area contributed by atoms with Gasteiger partial charge in [-0.25, -0.2) is 4.79 Å². The Kier molecular flexibility index (Phi) is 5.26. The fraction of sp³-hybridized carbons (Fsp3) is 0.100. The number of carbonyl (C=O) groups excluding carboxylic acids is 1. The average molecular weight is 333 g/mol. The molecule has 0 fully saturated rings. The summed E-state index contributed by atoms with van der Waals surface area (Å²) in [6.07, 6.45) is 3.46. The van der Waals surface area contributed by atoms with Gasteiger partial charge in [0.2, 0.25) is 0 Å². The summed E-state index contributed by atoms with van der Waals surface area (Å²) in [5, 5.41) is 2.92. The molecule has 3 aromatic rings. The molecule has 5 heteroatoms. The molecule has 2 amide bonds. The van der Waals surface area contributed by atoms with Crippen LogP contribution < -0.4 is 15.0 Å². The van der Waals surface area contributed by atoms with Crippen LogP contribution in [0.15, 0.2) is 79.1 Å². The molecule has 126 valence electrons. The number of hydrogen-bond acceptors (Lipinski definition) is 3. The quantitative estimate of drug-likeness (QED) is 0.756. The van der Waals surface area contributed by atoms with E-state index in [0.29, 0.717) is 12.3 Å². The van der Waals surface area contributed by atoms with Crippen LogP contribution in [0.25, 0.3) is 0 Å². The maximum absolute atomic E-state index is 12.9. The van der Waals surface area contributed by atoms with E-state index in [2.05, 4.69) is 10.3 Å². The lowest BCUT2D eigenvalue weighted by molar-refractivity contribution is 0.256. The number of para-hydroxylation sites is 1. The zero-order chi connectivity index (χ0) is 17.5. The van der Waals surface area contributed by atoms with E-state index < -0.39 is 0 Å². The first-order valence-corrected chi connectivity index (χ1v) is 7.93. The summed E-state index contributed by atoms with van der Waals surface area (Å²) in [6.45, 7) is 0.402. The highest BCUT2D eigenvalue weighted by molar-refractivity contribution is 6.01. The number of urea groups is 1. The molecule has 0 spiro atoms. The summed E-state index contributed by atoms with van der Waals surface area (Å²) in [5.41, 5.74) is 2.43. The molecule has 0 atom stereocenters. The number of amides is 2.